The molecule has 18 heteroatoms. The van der Waals surface area contributed by atoms with Crippen molar-refractivity contribution in [2.45, 2.75) is 131 Å². The molecule has 0 spiro atoms. The van der Waals surface area contributed by atoms with Gasteiger partial charge in [-0.15, -0.1) is 167 Å². The van der Waals surface area contributed by atoms with Crippen LogP contribution in [0.3, 0.4) is 0 Å². The van der Waals surface area contributed by atoms with Gasteiger partial charge in [-0.1, -0.05) is 203 Å². The van der Waals surface area contributed by atoms with E-state index in [9.17, 15) is 0 Å². The summed E-state index contributed by atoms with van der Waals surface area (Å²) in [6, 6.07) is 97.3. The zero-order valence-electron chi connectivity index (χ0n) is 72.9. The fraction of sp³-hybridized carbons (Fsp3) is 0.194. The van der Waals surface area contributed by atoms with Gasteiger partial charge in [0.1, 0.15) is 16.9 Å². The predicted molar refractivity (Wildman–Crippen MR) is 514 cm³/mol. The van der Waals surface area contributed by atoms with Crippen LogP contribution in [-0.2, 0) is 92.5 Å². The van der Waals surface area contributed by atoms with E-state index in [1.165, 1.54) is 92.6 Å². The maximum absolute atomic E-state index is 5.86. The van der Waals surface area contributed by atoms with Crippen LogP contribution in [0.15, 0.2) is 301 Å². The number of benzene rings is 7. The number of fused-ring (bicyclic) bond motifs is 11. The van der Waals surface area contributed by atoms with E-state index in [1.807, 2.05) is 170 Å². The Hall–Kier alpha value is -11.1. The molecule has 0 N–H and O–H groups in total. The van der Waals surface area contributed by atoms with Crippen LogP contribution < -0.4 is 15.6 Å². The SMILES string of the molecule is CC(C)Cn1c2c[c-]c(-c3cc(-c4ccccc4)c([Si](C)(C)C)cn3)cc2c2cccnc21.C[Si](C)(C)c1cnc(-c2[c-]cc3oc4ncccc4c3c2)c2c1CCCC2.C[Si](C)(C)c1cnc(-c2[c-]nc3oc4ccccc4c3c2)c2c1CCCC2.[Ir].[Ir].[Ir].[c-]1ccccc1-c1ccccn1.[c-]1ccccc1-c1ccccn1.[c-]1ccccc1-c1ccccn1. The molecule has 0 saturated carbocycles. The molecule has 19 aromatic rings. The van der Waals surface area contributed by atoms with Gasteiger partial charge >= 0.3 is 0 Å². The van der Waals surface area contributed by atoms with Crippen molar-refractivity contribution in [1.29, 1.82) is 0 Å². The summed E-state index contributed by atoms with van der Waals surface area (Å²) in [6.45, 7) is 27.1. The Morgan fingerprint density at radius 3 is 1.34 bits per heavy atom. The Morgan fingerprint density at radius 2 is 0.810 bits per heavy atom. The van der Waals surface area contributed by atoms with E-state index in [0.717, 1.165) is 125 Å². The summed E-state index contributed by atoms with van der Waals surface area (Å²) in [5.41, 5.74) is 26.0. The molecule has 639 valence electrons. The Kier molecular flexibility index (Phi) is 30.9. The van der Waals surface area contributed by atoms with Gasteiger partial charge in [0.05, 0.1) is 29.8 Å². The maximum Gasteiger partial charge on any atom is 0.216 e. The van der Waals surface area contributed by atoms with Crippen LogP contribution in [0.4, 0.5) is 0 Å². The van der Waals surface area contributed by atoms with Crippen LogP contribution in [0, 0.1) is 42.4 Å². The zero-order chi connectivity index (χ0) is 85.0. The van der Waals surface area contributed by atoms with Crippen molar-refractivity contribution in [3.8, 4) is 78.7 Å². The number of rotatable bonds is 12. The van der Waals surface area contributed by atoms with Gasteiger partial charge in [-0.05, 0) is 178 Å². The molecule has 0 amide bonds. The fourth-order valence-electron chi connectivity index (χ4n) is 16.5. The van der Waals surface area contributed by atoms with Crippen LogP contribution in [0.2, 0.25) is 58.9 Å². The normalized spacial score (nSPS) is 12.2. The van der Waals surface area contributed by atoms with Crippen molar-refractivity contribution in [2.75, 3.05) is 0 Å². The molecule has 0 aliphatic heterocycles. The number of furan rings is 2. The van der Waals surface area contributed by atoms with Crippen LogP contribution in [0.1, 0.15) is 61.8 Å². The third-order valence-electron chi connectivity index (χ3n) is 22.4. The van der Waals surface area contributed by atoms with Gasteiger partial charge in [0.25, 0.3) is 0 Å². The summed E-state index contributed by atoms with van der Waals surface area (Å²) in [5, 5.41) is 11.1. The first-order valence-electron chi connectivity index (χ1n) is 42.7. The number of pyridine rings is 9. The van der Waals surface area contributed by atoms with Crippen LogP contribution in [-0.4, -0.2) is 73.6 Å². The maximum atomic E-state index is 5.86. The van der Waals surface area contributed by atoms with Crippen molar-refractivity contribution in [1.82, 2.24) is 49.4 Å². The Labute approximate surface area is 783 Å². The van der Waals surface area contributed by atoms with Gasteiger partial charge in [-0.25, -0.2) is 9.97 Å². The van der Waals surface area contributed by atoms with Crippen LogP contribution in [0.5, 0.6) is 0 Å². The van der Waals surface area contributed by atoms with Crippen molar-refractivity contribution in [3.05, 3.63) is 351 Å². The standard InChI is InChI=1S/C29H30N3Si.2C23H23N2OSi.3C11H8N.3Ir/c1-20(2)19-32-27-14-13-22(16-25(27)23-12-9-15-30-29(23)32)26-17-24(21-10-7-6-8-11-21)28(18-31-26)33(3,4)5;1-27(2,3)21-14-24-22(18-10-5-4-9-17(18)21)15-12-19-16-8-6-7-11-20(16)26-23(19)25-13-15;1-27(2,3)21-14-25-22(17-8-5-4-7-16(17)21)15-10-11-20-19(13-15)18-9-6-12-24-23(18)26-20;3*1-2-6-10(7-3-1)11-8-4-5-9-12-11;;;/h6-12,14-18,20H,19H2,1-5H3;6-8,11-12,14H,4-5,9-10H2,1-3H3;6,9,11-14H,4-5,7-8H2,1-3H3;3*1-6,8-9H;;;/q6*-1;;;. The Bertz CT molecular complexity index is 6350. The first kappa shape index (κ1) is 92.6. The molecular weight excluding hydrogens is 2130 g/mol. The molecule has 0 fully saturated rings. The fourth-order valence-corrected chi connectivity index (χ4v) is 21.2. The molecule has 0 saturated heterocycles. The first-order chi connectivity index (χ1) is 59.8. The smallest absolute Gasteiger partial charge is 0.216 e. The molecule has 0 unspecified atom stereocenters. The molecule has 2 aliphatic carbocycles. The Morgan fingerprint density at radius 1 is 0.349 bits per heavy atom. The number of hydrogen-bond acceptors (Lipinski definition) is 11. The number of hydrogen-bond donors (Lipinski definition) is 0. The molecule has 12 aromatic heterocycles. The van der Waals surface area contributed by atoms with Gasteiger partial charge < -0.3 is 48.3 Å². The quantitative estimate of drug-likeness (QED) is 0.0850. The average Bonchev–Trinajstić information content (AvgIpc) is 1.59. The van der Waals surface area contributed by atoms with E-state index in [2.05, 4.69) is 236 Å². The van der Waals surface area contributed by atoms with Gasteiger partial charge in [0.15, 0.2) is 0 Å². The van der Waals surface area contributed by atoms with Gasteiger partial charge in [0.2, 0.25) is 5.71 Å². The van der Waals surface area contributed by atoms with Crippen molar-refractivity contribution in [2.24, 2.45) is 5.92 Å². The molecule has 12 nitrogen and oxygen atoms in total. The van der Waals surface area contributed by atoms with E-state index >= 15 is 0 Å². The van der Waals surface area contributed by atoms with Gasteiger partial charge in [0, 0.05) is 133 Å². The van der Waals surface area contributed by atoms with Crippen molar-refractivity contribution < 1.29 is 69.2 Å². The largest absolute Gasteiger partial charge is 0.486 e. The van der Waals surface area contributed by atoms with Crippen LogP contribution in [0.25, 0.3) is 145 Å². The summed E-state index contributed by atoms with van der Waals surface area (Å²) in [5.74, 6) is 0.537. The van der Waals surface area contributed by atoms with Crippen molar-refractivity contribution >= 4 is 106 Å². The second kappa shape index (κ2) is 42.0. The summed E-state index contributed by atoms with van der Waals surface area (Å²) in [4.78, 5) is 41.0. The second-order valence-corrected chi connectivity index (χ2v) is 49.9. The van der Waals surface area contributed by atoms with E-state index in [4.69, 9.17) is 28.8 Å². The summed E-state index contributed by atoms with van der Waals surface area (Å²) in [6.07, 6.45) is 28.2. The average molecular weight is 2230 g/mol. The molecule has 7 aromatic carbocycles. The molecule has 0 bridgehead atoms. The minimum Gasteiger partial charge on any atom is -0.486 e. The molecule has 0 atom stereocenters. The molecule has 126 heavy (non-hydrogen) atoms. The summed E-state index contributed by atoms with van der Waals surface area (Å²) >= 11 is 0. The van der Waals surface area contributed by atoms with E-state index in [-0.39, 0.29) is 60.3 Å². The Balaban J connectivity index is 0.000000135. The minimum absolute atomic E-state index is 0. The third-order valence-corrected chi connectivity index (χ3v) is 28.5. The topological polar surface area (TPSA) is 147 Å². The van der Waals surface area contributed by atoms with Crippen molar-refractivity contribution in [3.63, 3.8) is 0 Å². The van der Waals surface area contributed by atoms with E-state index in [1.54, 1.807) is 35.9 Å². The molecule has 3 radical (unpaired) electrons. The second-order valence-electron chi connectivity index (χ2n) is 34.8. The van der Waals surface area contributed by atoms with Gasteiger partial charge in [-0.3, -0.25) is 0 Å². The summed E-state index contributed by atoms with van der Waals surface area (Å²) < 4.78 is 14.1. The molecule has 21 rings (SSSR count). The van der Waals surface area contributed by atoms with Crippen LogP contribution >= 0.6 is 0 Å². The predicted octanol–water partition coefficient (Wildman–Crippen LogP) is 25.1. The van der Waals surface area contributed by atoms with Gasteiger partial charge in [-0.2, -0.15) is 0 Å². The zero-order valence-corrected chi connectivity index (χ0v) is 83.1. The number of aromatic nitrogens is 10. The third kappa shape index (κ3) is 21.6. The minimum atomic E-state index is -1.56. The first-order valence-corrected chi connectivity index (χ1v) is 53.2. The molecule has 2 aliphatic rings. The number of para-hydroxylation sites is 1. The number of nitrogens with zero attached hydrogens (tertiary/aromatic N) is 10. The molecular formula is C108H100Ir3N10O2Si3-6. The monoisotopic (exact) mass is 2230 g/mol. The summed E-state index contributed by atoms with van der Waals surface area (Å²) in [7, 11) is -4.37. The van der Waals surface area contributed by atoms with E-state index < -0.39 is 24.2 Å². The molecule has 12 heterocycles. The van der Waals surface area contributed by atoms with E-state index in [0.29, 0.717) is 17.3 Å².